The molecule has 2 heterocycles. The number of rotatable bonds is 9. The number of benzene rings is 1. The van der Waals surface area contributed by atoms with E-state index in [1.165, 1.54) is 17.7 Å². The fourth-order valence-electron chi connectivity index (χ4n) is 4.32. The topological polar surface area (TPSA) is 49.3 Å². The Labute approximate surface area is 209 Å². The Bertz CT molecular complexity index is 706. The maximum absolute atomic E-state index is 6.22. The molecule has 176 valence electrons. The van der Waals surface area contributed by atoms with Crippen LogP contribution >= 0.6 is 35.6 Å². The standard InChI is InChI=1S/C23H37ClN4O2.HI/c1-4-25-23(28-10-8-20(16-28)17-30-12-11-29-3)26-14-19-7-9-27(15-19)22-13-21(24)6-5-18(22)2;/h5-6,13,19-20H,4,7-12,14-17H2,1-3H3,(H,25,26);1H. The normalized spacial score (nSPS) is 21.5. The largest absolute Gasteiger partial charge is 0.382 e. The van der Waals surface area contributed by atoms with Crippen molar-refractivity contribution in [2.75, 3.05) is 71.1 Å². The molecule has 2 atom stereocenters. The Morgan fingerprint density at radius 1 is 1.19 bits per heavy atom. The molecule has 0 bridgehead atoms. The third-order valence-corrected chi connectivity index (χ3v) is 6.24. The van der Waals surface area contributed by atoms with Crippen LogP contribution in [0, 0.1) is 18.8 Å². The Morgan fingerprint density at radius 3 is 2.77 bits per heavy atom. The maximum atomic E-state index is 6.22. The van der Waals surface area contributed by atoms with Gasteiger partial charge in [0.05, 0.1) is 19.8 Å². The van der Waals surface area contributed by atoms with E-state index in [2.05, 4.69) is 41.1 Å². The van der Waals surface area contributed by atoms with Crippen LogP contribution in [0.5, 0.6) is 0 Å². The van der Waals surface area contributed by atoms with Crippen LogP contribution in [0.25, 0.3) is 0 Å². The first kappa shape index (κ1) is 26.5. The Kier molecular flexibility index (Phi) is 11.7. The average Bonchev–Trinajstić information content (AvgIpc) is 3.40. The summed E-state index contributed by atoms with van der Waals surface area (Å²) in [5.74, 6) is 2.19. The quantitative estimate of drug-likeness (QED) is 0.212. The first-order valence-electron chi connectivity index (χ1n) is 11.2. The van der Waals surface area contributed by atoms with Gasteiger partial charge in [-0.15, -0.1) is 24.0 Å². The SMILES string of the molecule is CCNC(=NCC1CCN(c2cc(Cl)ccc2C)C1)N1CCC(COCCOC)C1.I. The summed E-state index contributed by atoms with van der Waals surface area (Å²) in [4.78, 5) is 9.85. The summed E-state index contributed by atoms with van der Waals surface area (Å²) in [7, 11) is 1.71. The number of nitrogens with one attached hydrogen (secondary N) is 1. The summed E-state index contributed by atoms with van der Waals surface area (Å²) in [6.07, 6.45) is 2.33. The number of aryl methyl sites for hydroxylation is 1. The number of aliphatic imine (C=N–C) groups is 1. The van der Waals surface area contributed by atoms with Crippen molar-refractivity contribution in [3.8, 4) is 0 Å². The van der Waals surface area contributed by atoms with Crippen molar-refractivity contribution in [2.45, 2.75) is 26.7 Å². The molecule has 0 saturated carbocycles. The lowest BCUT2D eigenvalue weighted by molar-refractivity contribution is 0.0536. The molecule has 1 aromatic carbocycles. The first-order chi connectivity index (χ1) is 14.6. The van der Waals surface area contributed by atoms with Crippen LogP contribution in [0.15, 0.2) is 23.2 Å². The molecule has 0 amide bonds. The summed E-state index contributed by atoms with van der Waals surface area (Å²) in [6, 6.07) is 6.16. The zero-order valence-corrected chi connectivity index (χ0v) is 22.2. The molecule has 2 fully saturated rings. The number of methoxy groups -OCH3 is 1. The number of ether oxygens (including phenoxy) is 2. The monoisotopic (exact) mass is 564 g/mol. The Balaban J connectivity index is 0.00000341. The highest BCUT2D eigenvalue weighted by Gasteiger charge is 2.27. The Morgan fingerprint density at radius 2 is 2.00 bits per heavy atom. The molecule has 31 heavy (non-hydrogen) atoms. The lowest BCUT2D eigenvalue weighted by atomic mass is 10.1. The molecule has 2 aliphatic heterocycles. The van der Waals surface area contributed by atoms with Crippen molar-refractivity contribution < 1.29 is 9.47 Å². The van der Waals surface area contributed by atoms with Gasteiger partial charge in [0.1, 0.15) is 0 Å². The summed E-state index contributed by atoms with van der Waals surface area (Å²) in [6.45, 7) is 12.4. The van der Waals surface area contributed by atoms with Crippen LogP contribution in [0.2, 0.25) is 5.02 Å². The molecule has 2 unspecified atom stereocenters. The van der Waals surface area contributed by atoms with Gasteiger partial charge in [0.2, 0.25) is 0 Å². The number of hydrogen-bond donors (Lipinski definition) is 1. The van der Waals surface area contributed by atoms with Crippen LogP contribution in [-0.2, 0) is 9.47 Å². The van der Waals surface area contributed by atoms with Crippen molar-refractivity contribution in [3.05, 3.63) is 28.8 Å². The van der Waals surface area contributed by atoms with Crippen molar-refractivity contribution in [2.24, 2.45) is 16.8 Å². The molecule has 6 nitrogen and oxygen atoms in total. The minimum absolute atomic E-state index is 0. The van der Waals surface area contributed by atoms with E-state index in [0.29, 0.717) is 25.0 Å². The van der Waals surface area contributed by atoms with Gasteiger partial charge in [-0.2, -0.15) is 0 Å². The predicted octanol–water partition coefficient (Wildman–Crippen LogP) is 4.04. The molecular weight excluding hydrogens is 527 g/mol. The fraction of sp³-hybridized carbons (Fsp3) is 0.696. The lowest BCUT2D eigenvalue weighted by Gasteiger charge is -2.23. The molecule has 0 radical (unpaired) electrons. The van der Waals surface area contributed by atoms with Gasteiger partial charge >= 0.3 is 0 Å². The summed E-state index contributed by atoms with van der Waals surface area (Å²) in [5, 5.41) is 4.30. The molecule has 2 saturated heterocycles. The summed E-state index contributed by atoms with van der Waals surface area (Å²) < 4.78 is 10.8. The average molecular weight is 565 g/mol. The van der Waals surface area contributed by atoms with E-state index in [-0.39, 0.29) is 24.0 Å². The number of nitrogens with zero attached hydrogens (tertiary/aromatic N) is 3. The maximum Gasteiger partial charge on any atom is 0.193 e. The van der Waals surface area contributed by atoms with Gasteiger partial charge in [0, 0.05) is 63.0 Å². The smallest absolute Gasteiger partial charge is 0.193 e. The zero-order chi connectivity index (χ0) is 21.3. The van der Waals surface area contributed by atoms with Crippen molar-refractivity contribution in [1.82, 2.24) is 10.2 Å². The van der Waals surface area contributed by atoms with Gasteiger partial charge in [-0.1, -0.05) is 17.7 Å². The molecular formula is C23H38ClIN4O2. The molecule has 2 aliphatic rings. The molecule has 1 aromatic rings. The number of likely N-dealkylation sites (tertiary alicyclic amines) is 1. The summed E-state index contributed by atoms with van der Waals surface area (Å²) in [5.41, 5.74) is 2.55. The van der Waals surface area contributed by atoms with E-state index < -0.39 is 0 Å². The second-order valence-corrected chi connectivity index (χ2v) is 8.83. The summed E-state index contributed by atoms with van der Waals surface area (Å²) >= 11 is 6.22. The van der Waals surface area contributed by atoms with E-state index in [4.69, 9.17) is 26.1 Å². The van der Waals surface area contributed by atoms with Crippen LogP contribution in [0.1, 0.15) is 25.3 Å². The van der Waals surface area contributed by atoms with Gasteiger partial charge in [-0.25, -0.2) is 0 Å². The molecule has 1 N–H and O–H groups in total. The van der Waals surface area contributed by atoms with Gasteiger partial charge in [-0.05, 0) is 50.3 Å². The van der Waals surface area contributed by atoms with Gasteiger partial charge in [-0.3, -0.25) is 4.99 Å². The van der Waals surface area contributed by atoms with Crippen LogP contribution in [0.3, 0.4) is 0 Å². The van der Waals surface area contributed by atoms with Crippen molar-refractivity contribution >= 4 is 47.2 Å². The minimum atomic E-state index is 0. The molecule has 3 rings (SSSR count). The number of hydrogen-bond acceptors (Lipinski definition) is 4. The third kappa shape index (κ3) is 7.94. The van der Waals surface area contributed by atoms with E-state index in [0.717, 1.165) is 63.3 Å². The van der Waals surface area contributed by atoms with E-state index in [1.54, 1.807) is 7.11 Å². The number of halogens is 2. The number of guanidine groups is 1. The first-order valence-corrected chi connectivity index (χ1v) is 11.6. The van der Waals surface area contributed by atoms with Crippen LogP contribution < -0.4 is 10.2 Å². The van der Waals surface area contributed by atoms with E-state index >= 15 is 0 Å². The Hall–Kier alpha value is -0.770. The van der Waals surface area contributed by atoms with Gasteiger partial charge in [0.25, 0.3) is 0 Å². The molecule has 0 aliphatic carbocycles. The molecule has 0 aromatic heterocycles. The zero-order valence-electron chi connectivity index (χ0n) is 19.1. The lowest BCUT2D eigenvalue weighted by Crippen LogP contribution is -2.40. The van der Waals surface area contributed by atoms with Crippen LogP contribution in [0.4, 0.5) is 5.69 Å². The second kappa shape index (κ2) is 13.7. The predicted molar refractivity (Wildman–Crippen MR) is 140 cm³/mol. The third-order valence-electron chi connectivity index (χ3n) is 6.00. The van der Waals surface area contributed by atoms with Crippen LogP contribution in [-0.4, -0.2) is 77.1 Å². The molecule has 8 heteroatoms. The highest BCUT2D eigenvalue weighted by Crippen LogP contribution is 2.29. The van der Waals surface area contributed by atoms with Crippen molar-refractivity contribution in [3.63, 3.8) is 0 Å². The van der Waals surface area contributed by atoms with Gasteiger partial charge < -0.3 is 24.6 Å². The highest BCUT2D eigenvalue weighted by molar-refractivity contribution is 14.0. The minimum Gasteiger partial charge on any atom is -0.382 e. The number of anilines is 1. The second-order valence-electron chi connectivity index (χ2n) is 8.39. The highest BCUT2D eigenvalue weighted by atomic mass is 127. The van der Waals surface area contributed by atoms with E-state index in [9.17, 15) is 0 Å². The van der Waals surface area contributed by atoms with Crippen molar-refractivity contribution in [1.29, 1.82) is 0 Å². The van der Waals surface area contributed by atoms with E-state index in [1.807, 2.05) is 6.07 Å². The molecule has 0 spiro atoms. The fourth-order valence-corrected chi connectivity index (χ4v) is 4.48. The van der Waals surface area contributed by atoms with Gasteiger partial charge in [0.15, 0.2) is 5.96 Å².